The summed E-state index contributed by atoms with van der Waals surface area (Å²) < 4.78 is 10.5. The highest BCUT2D eigenvalue weighted by Gasteiger charge is 2.27. The van der Waals surface area contributed by atoms with Crippen molar-refractivity contribution in [2.75, 3.05) is 13.7 Å². The minimum absolute atomic E-state index is 0.156. The van der Waals surface area contributed by atoms with Gasteiger partial charge in [-0.2, -0.15) is 0 Å². The van der Waals surface area contributed by atoms with E-state index in [0.717, 1.165) is 11.3 Å². The Bertz CT molecular complexity index is 710. The van der Waals surface area contributed by atoms with Gasteiger partial charge in [0.05, 0.1) is 18.7 Å². The van der Waals surface area contributed by atoms with E-state index in [1.807, 2.05) is 36.4 Å². The number of methoxy groups -OCH3 is 1. The van der Waals surface area contributed by atoms with Gasteiger partial charge in [0.2, 0.25) is 0 Å². The Morgan fingerprint density at radius 1 is 1.42 bits per heavy atom. The van der Waals surface area contributed by atoms with Gasteiger partial charge < -0.3 is 20.1 Å². The van der Waals surface area contributed by atoms with Gasteiger partial charge in [-0.15, -0.1) is 0 Å². The van der Waals surface area contributed by atoms with E-state index in [4.69, 9.17) is 21.7 Å². The predicted octanol–water partition coefficient (Wildman–Crippen LogP) is 2.56. The van der Waals surface area contributed by atoms with Crippen molar-refractivity contribution in [3.63, 3.8) is 0 Å². The van der Waals surface area contributed by atoms with Gasteiger partial charge in [-0.1, -0.05) is 43.0 Å². The number of hydrogen-bond donors (Lipinski definition) is 2. The number of nitrogens with one attached hydrogen (secondary N) is 2. The summed E-state index contributed by atoms with van der Waals surface area (Å²) in [5, 5.41) is 6.48. The Hall–Kier alpha value is -2.60. The van der Waals surface area contributed by atoms with Crippen LogP contribution in [0.15, 0.2) is 54.3 Å². The average molecular weight is 344 g/mol. The molecule has 0 bridgehead atoms. The number of rotatable bonds is 6. The van der Waals surface area contributed by atoms with Crippen molar-refractivity contribution < 1.29 is 14.3 Å². The van der Waals surface area contributed by atoms with E-state index in [2.05, 4.69) is 17.2 Å². The molecule has 2 rings (SSSR count). The fourth-order valence-electron chi connectivity index (χ4n) is 2.36. The van der Waals surface area contributed by atoms with E-state index < -0.39 is 5.97 Å². The van der Waals surface area contributed by atoms with Crippen LogP contribution in [0.2, 0.25) is 0 Å². The summed E-state index contributed by atoms with van der Waals surface area (Å²) in [7, 11) is 1.62. The number of thiocarbonyl (C=S) groups is 1. The summed E-state index contributed by atoms with van der Waals surface area (Å²) in [6, 6.07) is 7.24. The standard InChI is InChI=1S/C18H20N2O3S/c1-4-11-23-17(21)16-12(2)19-18(24)20-14(16)10-9-13-7-5-6-8-15(13)22-3/h4-10,14H,1,11H2,2-3H3,(H2,19,20,24)/b10-9+/t14-/m1/s1. The quantitative estimate of drug-likeness (QED) is 0.470. The normalized spacial score (nSPS) is 17.2. The molecule has 126 valence electrons. The number of hydrogen-bond acceptors (Lipinski definition) is 4. The molecule has 6 heteroatoms. The lowest BCUT2D eigenvalue weighted by molar-refractivity contribution is -0.138. The van der Waals surface area contributed by atoms with E-state index in [9.17, 15) is 4.79 Å². The average Bonchev–Trinajstić information content (AvgIpc) is 2.57. The first-order chi connectivity index (χ1) is 11.6. The van der Waals surface area contributed by atoms with Gasteiger partial charge >= 0.3 is 5.97 Å². The molecular weight excluding hydrogens is 324 g/mol. The number of para-hydroxylation sites is 1. The second-order valence-electron chi connectivity index (χ2n) is 5.10. The second-order valence-corrected chi connectivity index (χ2v) is 5.51. The highest BCUT2D eigenvalue weighted by Crippen LogP contribution is 2.21. The van der Waals surface area contributed by atoms with Crippen molar-refractivity contribution in [3.8, 4) is 5.75 Å². The first kappa shape index (κ1) is 17.7. The van der Waals surface area contributed by atoms with Crippen LogP contribution in [-0.4, -0.2) is 30.8 Å². The fraction of sp³-hybridized carbons (Fsp3) is 0.222. The van der Waals surface area contributed by atoms with Crippen molar-refractivity contribution in [2.45, 2.75) is 13.0 Å². The highest BCUT2D eigenvalue weighted by atomic mass is 32.1. The number of carbonyl (C=O) groups is 1. The van der Waals surface area contributed by atoms with Crippen molar-refractivity contribution in [1.29, 1.82) is 0 Å². The second kappa shape index (κ2) is 8.31. The molecule has 1 aromatic carbocycles. The van der Waals surface area contributed by atoms with Gasteiger partial charge in [0, 0.05) is 11.3 Å². The largest absolute Gasteiger partial charge is 0.496 e. The SMILES string of the molecule is C=CCOC(=O)C1=C(C)NC(=S)N[C@@H]1/C=C/c1ccccc1OC. The van der Waals surface area contributed by atoms with E-state index >= 15 is 0 Å². The van der Waals surface area contributed by atoms with Gasteiger partial charge in [-0.3, -0.25) is 0 Å². The lowest BCUT2D eigenvalue weighted by Crippen LogP contribution is -2.48. The zero-order chi connectivity index (χ0) is 17.5. The Balaban J connectivity index is 2.29. The van der Waals surface area contributed by atoms with Crippen molar-refractivity contribution in [1.82, 2.24) is 10.6 Å². The number of carbonyl (C=O) groups excluding carboxylic acids is 1. The highest BCUT2D eigenvalue weighted by molar-refractivity contribution is 7.80. The van der Waals surface area contributed by atoms with Gasteiger partial charge in [0.1, 0.15) is 12.4 Å². The van der Waals surface area contributed by atoms with Crippen LogP contribution in [0.25, 0.3) is 6.08 Å². The molecule has 0 saturated heterocycles. The van der Waals surface area contributed by atoms with Crippen LogP contribution in [0.1, 0.15) is 12.5 Å². The molecule has 0 amide bonds. The topological polar surface area (TPSA) is 59.6 Å². The lowest BCUT2D eigenvalue weighted by Gasteiger charge is -2.27. The molecule has 0 aromatic heterocycles. The molecule has 0 spiro atoms. The van der Waals surface area contributed by atoms with E-state index in [1.165, 1.54) is 6.08 Å². The molecular formula is C18H20N2O3S. The Kier molecular flexibility index (Phi) is 6.14. The van der Waals surface area contributed by atoms with Crippen molar-refractivity contribution >= 4 is 29.4 Å². The fourth-order valence-corrected chi connectivity index (χ4v) is 2.64. The maximum atomic E-state index is 12.3. The molecule has 1 heterocycles. The monoisotopic (exact) mass is 344 g/mol. The summed E-state index contributed by atoms with van der Waals surface area (Å²) in [5.74, 6) is 0.339. The Morgan fingerprint density at radius 2 is 2.17 bits per heavy atom. The van der Waals surface area contributed by atoms with Crippen LogP contribution in [-0.2, 0) is 9.53 Å². The molecule has 0 aliphatic carbocycles. The minimum Gasteiger partial charge on any atom is -0.496 e. The molecule has 0 unspecified atom stereocenters. The molecule has 24 heavy (non-hydrogen) atoms. The summed E-state index contributed by atoms with van der Waals surface area (Å²) in [5.41, 5.74) is 2.06. The van der Waals surface area contributed by atoms with Crippen LogP contribution in [0, 0.1) is 0 Å². The number of ether oxygens (including phenoxy) is 2. The third-order valence-electron chi connectivity index (χ3n) is 3.46. The molecule has 5 nitrogen and oxygen atoms in total. The molecule has 0 fully saturated rings. The molecule has 1 aromatic rings. The summed E-state index contributed by atoms with van der Waals surface area (Å²) >= 11 is 5.18. The van der Waals surface area contributed by atoms with Gasteiger partial charge in [-0.05, 0) is 25.2 Å². The zero-order valence-electron chi connectivity index (χ0n) is 13.7. The van der Waals surface area contributed by atoms with Gasteiger partial charge in [0.15, 0.2) is 5.11 Å². The molecule has 1 atom stereocenters. The van der Waals surface area contributed by atoms with Crippen LogP contribution < -0.4 is 15.4 Å². The van der Waals surface area contributed by atoms with Crippen molar-refractivity contribution in [2.24, 2.45) is 0 Å². The van der Waals surface area contributed by atoms with E-state index in [1.54, 1.807) is 14.0 Å². The van der Waals surface area contributed by atoms with E-state index in [-0.39, 0.29) is 12.6 Å². The third kappa shape index (κ3) is 4.23. The predicted molar refractivity (Wildman–Crippen MR) is 98.5 cm³/mol. The first-order valence-electron chi connectivity index (χ1n) is 7.44. The lowest BCUT2D eigenvalue weighted by atomic mass is 10.0. The molecule has 0 saturated carbocycles. The molecule has 2 N–H and O–H groups in total. The van der Waals surface area contributed by atoms with Crippen LogP contribution in [0.3, 0.4) is 0 Å². The third-order valence-corrected chi connectivity index (χ3v) is 3.68. The maximum absolute atomic E-state index is 12.3. The van der Waals surface area contributed by atoms with Crippen LogP contribution >= 0.6 is 12.2 Å². The number of benzene rings is 1. The first-order valence-corrected chi connectivity index (χ1v) is 7.85. The zero-order valence-corrected chi connectivity index (χ0v) is 14.5. The van der Waals surface area contributed by atoms with Crippen LogP contribution in [0.4, 0.5) is 0 Å². The summed E-state index contributed by atoms with van der Waals surface area (Å²) in [4.78, 5) is 12.3. The maximum Gasteiger partial charge on any atom is 0.338 e. The van der Waals surface area contributed by atoms with Gasteiger partial charge in [-0.25, -0.2) is 4.79 Å². The summed E-state index contributed by atoms with van der Waals surface area (Å²) in [6.45, 7) is 5.50. The summed E-state index contributed by atoms with van der Waals surface area (Å²) in [6.07, 6.45) is 5.28. The number of allylic oxidation sites excluding steroid dienone is 1. The Labute approximate surface area is 147 Å². The van der Waals surface area contributed by atoms with E-state index in [0.29, 0.717) is 16.4 Å². The minimum atomic E-state index is -0.412. The number of esters is 1. The molecule has 1 aliphatic heterocycles. The van der Waals surface area contributed by atoms with Crippen LogP contribution in [0.5, 0.6) is 5.75 Å². The molecule has 1 aliphatic rings. The van der Waals surface area contributed by atoms with Gasteiger partial charge in [0.25, 0.3) is 0 Å². The smallest absolute Gasteiger partial charge is 0.338 e. The van der Waals surface area contributed by atoms with Crippen molar-refractivity contribution in [3.05, 3.63) is 59.8 Å². The molecule has 0 radical (unpaired) electrons. The Morgan fingerprint density at radius 3 is 2.88 bits per heavy atom.